The van der Waals surface area contributed by atoms with Crippen molar-refractivity contribution in [2.24, 2.45) is 5.73 Å². The van der Waals surface area contributed by atoms with Gasteiger partial charge >= 0.3 is 5.97 Å². The lowest BCUT2D eigenvalue weighted by molar-refractivity contribution is 0.00647. The third kappa shape index (κ3) is 2.82. The van der Waals surface area contributed by atoms with Crippen molar-refractivity contribution in [3.8, 4) is 5.75 Å². The molecule has 98 valence electrons. The van der Waals surface area contributed by atoms with Crippen molar-refractivity contribution < 1.29 is 14.3 Å². The molecule has 4 heteroatoms. The fraction of sp³-hybridized carbons (Fsp3) is 0.500. The molecule has 1 aromatic rings. The van der Waals surface area contributed by atoms with E-state index in [4.69, 9.17) is 15.2 Å². The van der Waals surface area contributed by atoms with Crippen molar-refractivity contribution >= 4 is 5.97 Å². The van der Waals surface area contributed by atoms with Crippen LogP contribution in [0.2, 0.25) is 0 Å². The van der Waals surface area contributed by atoms with E-state index in [2.05, 4.69) is 0 Å². The van der Waals surface area contributed by atoms with Gasteiger partial charge in [-0.1, -0.05) is 12.1 Å². The highest BCUT2D eigenvalue weighted by molar-refractivity contribution is 5.93. The molecule has 0 spiro atoms. The number of fused-ring (bicyclic) bond motifs is 1. The van der Waals surface area contributed by atoms with Gasteiger partial charge in [0.2, 0.25) is 0 Å². The number of ether oxygens (including phenoxy) is 2. The molecule has 1 atom stereocenters. The minimum absolute atomic E-state index is 0.00798. The molecule has 4 nitrogen and oxygen atoms in total. The van der Waals surface area contributed by atoms with Crippen LogP contribution in [0, 0.1) is 0 Å². The van der Waals surface area contributed by atoms with Crippen molar-refractivity contribution in [2.75, 3.05) is 6.61 Å². The first-order chi connectivity index (χ1) is 8.37. The summed E-state index contributed by atoms with van der Waals surface area (Å²) in [5.74, 6) is 0.267. The van der Waals surface area contributed by atoms with Crippen LogP contribution in [0.5, 0.6) is 5.75 Å². The summed E-state index contributed by atoms with van der Waals surface area (Å²) < 4.78 is 10.9. The first kappa shape index (κ1) is 12.9. The summed E-state index contributed by atoms with van der Waals surface area (Å²) in [5.41, 5.74) is 6.78. The molecule has 0 radical (unpaired) electrons. The number of rotatable bonds is 1. The Morgan fingerprint density at radius 2 is 2.17 bits per heavy atom. The molecular formula is C14H19NO3. The van der Waals surface area contributed by atoms with E-state index >= 15 is 0 Å². The lowest BCUT2D eigenvalue weighted by Crippen LogP contribution is -2.34. The zero-order chi connectivity index (χ0) is 13.3. The zero-order valence-corrected chi connectivity index (χ0v) is 11.0. The molecule has 2 N–H and O–H groups in total. The van der Waals surface area contributed by atoms with Gasteiger partial charge in [-0.25, -0.2) is 4.79 Å². The monoisotopic (exact) mass is 249 g/mol. The van der Waals surface area contributed by atoms with Crippen LogP contribution in [0.1, 0.15) is 36.7 Å². The van der Waals surface area contributed by atoms with Gasteiger partial charge in [0.25, 0.3) is 0 Å². The smallest absolute Gasteiger partial charge is 0.342 e. The maximum absolute atomic E-state index is 12.1. The lowest BCUT2D eigenvalue weighted by atomic mass is 10.00. The Morgan fingerprint density at radius 1 is 1.44 bits per heavy atom. The molecule has 0 saturated heterocycles. The van der Waals surface area contributed by atoms with Crippen molar-refractivity contribution in [3.63, 3.8) is 0 Å². The third-order valence-electron chi connectivity index (χ3n) is 2.64. The van der Waals surface area contributed by atoms with E-state index < -0.39 is 5.60 Å². The van der Waals surface area contributed by atoms with Gasteiger partial charge in [0.05, 0.1) is 0 Å². The number of hydrogen-bond acceptors (Lipinski definition) is 4. The van der Waals surface area contributed by atoms with Gasteiger partial charge in [-0.2, -0.15) is 0 Å². The summed E-state index contributed by atoms with van der Waals surface area (Å²) in [7, 11) is 0. The molecule has 18 heavy (non-hydrogen) atoms. The number of esters is 1. The SMILES string of the molecule is CC(C)(C)OC(=O)c1cccc2c1OCC(N)C2. The Morgan fingerprint density at radius 3 is 2.83 bits per heavy atom. The summed E-state index contributed by atoms with van der Waals surface area (Å²) in [5, 5.41) is 0. The molecular weight excluding hydrogens is 230 g/mol. The predicted octanol–water partition coefficient (Wildman–Crippen LogP) is 1.90. The number of para-hydroxylation sites is 1. The Labute approximate surface area is 107 Å². The highest BCUT2D eigenvalue weighted by Gasteiger charge is 2.25. The van der Waals surface area contributed by atoms with Gasteiger partial charge < -0.3 is 15.2 Å². The number of nitrogens with two attached hydrogens (primary N) is 1. The first-order valence-electron chi connectivity index (χ1n) is 6.10. The molecule has 2 rings (SSSR count). The topological polar surface area (TPSA) is 61.5 Å². The maximum atomic E-state index is 12.1. The van der Waals surface area contributed by atoms with Crippen LogP contribution in [0.15, 0.2) is 18.2 Å². The third-order valence-corrected chi connectivity index (χ3v) is 2.64. The van der Waals surface area contributed by atoms with Crippen LogP contribution in [-0.4, -0.2) is 24.2 Å². The van der Waals surface area contributed by atoms with Gasteiger partial charge in [0.1, 0.15) is 23.5 Å². The molecule has 1 heterocycles. The van der Waals surface area contributed by atoms with Crippen LogP contribution in [0.25, 0.3) is 0 Å². The van der Waals surface area contributed by atoms with E-state index in [1.54, 1.807) is 6.07 Å². The second-order valence-corrected chi connectivity index (χ2v) is 5.57. The summed E-state index contributed by atoms with van der Waals surface area (Å²) in [6.45, 7) is 5.97. The molecule has 0 saturated carbocycles. The van der Waals surface area contributed by atoms with Crippen molar-refractivity contribution in [1.82, 2.24) is 0 Å². The molecule has 0 fully saturated rings. The molecule has 1 aromatic carbocycles. The average molecular weight is 249 g/mol. The molecule has 0 aromatic heterocycles. The van der Waals surface area contributed by atoms with Crippen LogP contribution >= 0.6 is 0 Å². The van der Waals surface area contributed by atoms with E-state index in [9.17, 15) is 4.79 Å². The molecule has 0 bridgehead atoms. The average Bonchev–Trinajstić information content (AvgIpc) is 2.25. The zero-order valence-electron chi connectivity index (χ0n) is 11.0. The van der Waals surface area contributed by atoms with Crippen molar-refractivity contribution in [1.29, 1.82) is 0 Å². The molecule has 1 aliphatic rings. The second kappa shape index (κ2) is 4.61. The fourth-order valence-electron chi connectivity index (χ4n) is 1.94. The highest BCUT2D eigenvalue weighted by Crippen LogP contribution is 2.30. The van der Waals surface area contributed by atoms with E-state index in [0.29, 0.717) is 17.9 Å². The van der Waals surface area contributed by atoms with E-state index in [-0.39, 0.29) is 12.0 Å². The Kier molecular flexibility index (Phi) is 3.30. The van der Waals surface area contributed by atoms with Gasteiger partial charge in [-0.15, -0.1) is 0 Å². The first-order valence-corrected chi connectivity index (χ1v) is 6.10. The summed E-state index contributed by atoms with van der Waals surface area (Å²) in [6, 6.07) is 5.48. The quantitative estimate of drug-likeness (QED) is 0.772. The maximum Gasteiger partial charge on any atom is 0.342 e. The number of carbonyl (C=O) groups is 1. The van der Waals surface area contributed by atoms with Crippen LogP contribution in [0.4, 0.5) is 0 Å². The van der Waals surface area contributed by atoms with Crippen LogP contribution in [-0.2, 0) is 11.2 Å². The van der Waals surface area contributed by atoms with Gasteiger partial charge in [0, 0.05) is 6.04 Å². The Bertz CT molecular complexity index is 463. The second-order valence-electron chi connectivity index (χ2n) is 5.57. The summed E-state index contributed by atoms with van der Waals surface area (Å²) >= 11 is 0. The number of carbonyl (C=O) groups excluding carboxylic acids is 1. The Hall–Kier alpha value is -1.55. The highest BCUT2D eigenvalue weighted by atomic mass is 16.6. The minimum atomic E-state index is -0.509. The van der Waals surface area contributed by atoms with E-state index in [0.717, 1.165) is 12.0 Å². The minimum Gasteiger partial charge on any atom is -0.491 e. The van der Waals surface area contributed by atoms with E-state index in [1.807, 2.05) is 32.9 Å². The predicted molar refractivity (Wildman–Crippen MR) is 68.8 cm³/mol. The van der Waals surface area contributed by atoms with Gasteiger partial charge in [-0.3, -0.25) is 0 Å². The molecule has 1 unspecified atom stereocenters. The van der Waals surface area contributed by atoms with Gasteiger partial charge in [0.15, 0.2) is 0 Å². The van der Waals surface area contributed by atoms with Crippen molar-refractivity contribution in [3.05, 3.63) is 29.3 Å². The normalized spacial score (nSPS) is 18.8. The van der Waals surface area contributed by atoms with Crippen LogP contribution in [0.3, 0.4) is 0 Å². The largest absolute Gasteiger partial charge is 0.491 e. The molecule has 0 amide bonds. The number of benzene rings is 1. The molecule has 1 aliphatic heterocycles. The van der Waals surface area contributed by atoms with Crippen molar-refractivity contribution in [2.45, 2.75) is 38.8 Å². The standard InChI is InChI=1S/C14H19NO3/c1-14(2,3)18-13(16)11-6-4-5-9-7-10(15)8-17-12(9)11/h4-6,10H,7-8,15H2,1-3H3. The molecule has 0 aliphatic carbocycles. The van der Waals surface area contributed by atoms with Gasteiger partial charge in [-0.05, 0) is 38.8 Å². The fourth-order valence-corrected chi connectivity index (χ4v) is 1.94. The summed E-state index contributed by atoms with van der Waals surface area (Å²) in [4.78, 5) is 12.1. The lowest BCUT2D eigenvalue weighted by Gasteiger charge is -2.25. The number of hydrogen-bond donors (Lipinski definition) is 1. The summed E-state index contributed by atoms with van der Waals surface area (Å²) in [6.07, 6.45) is 0.728. The Balaban J connectivity index is 2.29. The van der Waals surface area contributed by atoms with E-state index in [1.165, 1.54) is 0 Å². The van der Waals surface area contributed by atoms with Crippen LogP contribution < -0.4 is 10.5 Å².